The fraction of sp³-hybridized carbons (Fsp3) is 0.455. The molecule has 1 rings (SSSR count). The summed E-state index contributed by atoms with van der Waals surface area (Å²) in [7, 11) is 0. The average Bonchev–Trinajstić information content (AvgIpc) is 2.36. The lowest BCUT2D eigenvalue weighted by atomic mass is 10.2. The van der Waals surface area contributed by atoms with Crippen molar-refractivity contribution in [3.63, 3.8) is 0 Å². The van der Waals surface area contributed by atoms with E-state index in [-0.39, 0.29) is 18.8 Å². The molecule has 112 valence electrons. The number of carbonyl (C=O) groups excluding carboxylic acids is 1. The summed E-state index contributed by atoms with van der Waals surface area (Å²) in [5.74, 6) is -0.885. The summed E-state index contributed by atoms with van der Waals surface area (Å²) in [6, 6.07) is 1.52. The van der Waals surface area contributed by atoms with Crippen molar-refractivity contribution in [3.8, 4) is 0 Å². The molecule has 0 spiro atoms. The van der Waals surface area contributed by atoms with E-state index in [0.717, 1.165) is 11.0 Å². The van der Waals surface area contributed by atoms with Crippen molar-refractivity contribution >= 4 is 5.91 Å². The second-order valence-electron chi connectivity index (χ2n) is 3.86. The maximum atomic E-state index is 12.3. The van der Waals surface area contributed by atoms with E-state index < -0.39 is 30.6 Å². The van der Waals surface area contributed by atoms with Crippen molar-refractivity contribution in [1.29, 1.82) is 0 Å². The van der Waals surface area contributed by atoms with E-state index in [2.05, 4.69) is 4.98 Å². The highest BCUT2D eigenvalue weighted by molar-refractivity contribution is 5.92. The van der Waals surface area contributed by atoms with Crippen LogP contribution in [0.15, 0.2) is 18.3 Å². The molecule has 9 heteroatoms. The fourth-order valence-electron chi connectivity index (χ4n) is 1.45. The Labute approximate surface area is 111 Å². The van der Waals surface area contributed by atoms with Gasteiger partial charge >= 0.3 is 6.18 Å². The van der Waals surface area contributed by atoms with Crippen molar-refractivity contribution in [2.45, 2.75) is 12.6 Å². The minimum absolute atomic E-state index is 0.0426. The van der Waals surface area contributed by atoms with Crippen molar-refractivity contribution in [3.05, 3.63) is 29.6 Å². The molecular weight excluding hydrogens is 285 g/mol. The van der Waals surface area contributed by atoms with Gasteiger partial charge in [-0.25, -0.2) is 8.78 Å². The molecule has 1 aromatic heterocycles. The molecule has 1 amide bonds. The van der Waals surface area contributed by atoms with Crippen molar-refractivity contribution in [2.75, 3.05) is 19.6 Å². The van der Waals surface area contributed by atoms with Crippen LogP contribution < -0.4 is 5.73 Å². The number of hydrogen-bond acceptors (Lipinski definition) is 3. The summed E-state index contributed by atoms with van der Waals surface area (Å²) in [5.41, 5.74) is 3.83. The van der Waals surface area contributed by atoms with Gasteiger partial charge in [-0.1, -0.05) is 0 Å². The third-order valence-electron chi connectivity index (χ3n) is 2.35. The van der Waals surface area contributed by atoms with Crippen LogP contribution in [0.5, 0.6) is 0 Å². The van der Waals surface area contributed by atoms with Crippen molar-refractivity contribution in [2.24, 2.45) is 5.73 Å². The first-order chi connectivity index (χ1) is 9.25. The van der Waals surface area contributed by atoms with Gasteiger partial charge in [0.05, 0.1) is 12.1 Å². The third-order valence-corrected chi connectivity index (χ3v) is 2.35. The highest BCUT2D eigenvalue weighted by atomic mass is 19.4. The minimum atomic E-state index is -4.57. The van der Waals surface area contributed by atoms with Crippen LogP contribution in [0.1, 0.15) is 16.1 Å². The van der Waals surface area contributed by atoms with E-state index in [1.165, 1.54) is 0 Å². The Kier molecular flexibility index (Phi) is 5.37. The molecule has 0 atom stereocenters. The largest absolute Gasteiger partial charge is 0.417 e. The molecular formula is C11H12F5N3O. The van der Waals surface area contributed by atoms with Crippen LogP contribution in [-0.4, -0.2) is 41.9 Å². The number of halogens is 5. The zero-order valence-electron chi connectivity index (χ0n) is 10.2. The van der Waals surface area contributed by atoms with Crippen molar-refractivity contribution in [1.82, 2.24) is 9.88 Å². The smallest absolute Gasteiger partial charge is 0.330 e. The van der Waals surface area contributed by atoms with Crippen LogP contribution >= 0.6 is 0 Å². The van der Waals surface area contributed by atoms with E-state index in [1.54, 1.807) is 0 Å². The number of aromatic nitrogens is 1. The monoisotopic (exact) mass is 297 g/mol. The Morgan fingerprint density at radius 3 is 2.40 bits per heavy atom. The molecule has 0 bridgehead atoms. The Morgan fingerprint density at radius 1 is 1.35 bits per heavy atom. The van der Waals surface area contributed by atoms with Crippen LogP contribution in [0.4, 0.5) is 22.0 Å². The summed E-state index contributed by atoms with van der Waals surface area (Å²) >= 11 is 0. The van der Waals surface area contributed by atoms with E-state index in [1.807, 2.05) is 0 Å². The molecule has 0 fully saturated rings. The lowest BCUT2D eigenvalue weighted by Crippen LogP contribution is -2.39. The van der Waals surface area contributed by atoms with Gasteiger partial charge in [0, 0.05) is 19.3 Å². The lowest BCUT2D eigenvalue weighted by molar-refractivity contribution is -0.137. The van der Waals surface area contributed by atoms with E-state index in [4.69, 9.17) is 5.73 Å². The fourth-order valence-corrected chi connectivity index (χ4v) is 1.45. The molecule has 20 heavy (non-hydrogen) atoms. The predicted octanol–water partition coefficient (Wildman–Crippen LogP) is 1.77. The number of nitrogens with zero attached hydrogens (tertiary/aromatic N) is 2. The number of nitrogens with two attached hydrogens (primary N) is 1. The van der Waals surface area contributed by atoms with Gasteiger partial charge in [0.25, 0.3) is 12.3 Å². The van der Waals surface area contributed by atoms with E-state index >= 15 is 0 Å². The normalized spacial score (nSPS) is 11.8. The molecule has 0 saturated heterocycles. The first-order valence-corrected chi connectivity index (χ1v) is 5.56. The summed E-state index contributed by atoms with van der Waals surface area (Å²) in [5, 5.41) is 0. The van der Waals surface area contributed by atoms with Gasteiger partial charge in [0.2, 0.25) is 0 Å². The summed E-state index contributed by atoms with van der Waals surface area (Å²) in [6.07, 6.45) is -6.86. The Balaban J connectivity index is 2.89. The molecule has 0 radical (unpaired) electrons. The number of carbonyl (C=O) groups is 1. The maximum absolute atomic E-state index is 12.3. The number of hydrogen-bond donors (Lipinski definition) is 1. The number of pyridine rings is 1. The van der Waals surface area contributed by atoms with Gasteiger partial charge in [-0.2, -0.15) is 13.2 Å². The maximum Gasteiger partial charge on any atom is 0.417 e. The second kappa shape index (κ2) is 6.60. The molecule has 1 aromatic rings. The standard InChI is InChI=1S/C11H12F5N3O/c12-9(13)6-19(4-3-17)10(20)8-2-1-7(5-18-8)11(14,15)16/h1-2,5,9H,3-4,6,17H2. The minimum Gasteiger partial charge on any atom is -0.330 e. The molecule has 0 unspecified atom stereocenters. The van der Waals surface area contributed by atoms with Crippen LogP contribution in [0.3, 0.4) is 0 Å². The Bertz CT molecular complexity index is 446. The third kappa shape index (κ3) is 4.41. The zero-order valence-corrected chi connectivity index (χ0v) is 10.2. The van der Waals surface area contributed by atoms with Gasteiger partial charge in [0.15, 0.2) is 0 Å². The van der Waals surface area contributed by atoms with E-state index in [9.17, 15) is 26.7 Å². The SMILES string of the molecule is NCCN(CC(F)F)C(=O)c1ccc(C(F)(F)F)cn1. The highest BCUT2D eigenvalue weighted by Crippen LogP contribution is 2.28. The molecule has 0 aromatic carbocycles. The number of alkyl halides is 5. The summed E-state index contributed by atoms with van der Waals surface area (Å²) in [6.45, 7) is -1.02. The van der Waals surface area contributed by atoms with Gasteiger partial charge in [-0.15, -0.1) is 0 Å². The zero-order chi connectivity index (χ0) is 15.3. The first-order valence-electron chi connectivity index (χ1n) is 5.56. The summed E-state index contributed by atoms with van der Waals surface area (Å²) in [4.78, 5) is 15.9. The molecule has 0 aliphatic heterocycles. The van der Waals surface area contributed by atoms with Gasteiger partial charge < -0.3 is 10.6 Å². The van der Waals surface area contributed by atoms with Gasteiger partial charge in [-0.05, 0) is 12.1 Å². The highest BCUT2D eigenvalue weighted by Gasteiger charge is 2.31. The lowest BCUT2D eigenvalue weighted by Gasteiger charge is -2.21. The van der Waals surface area contributed by atoms with Crippen LogP contribution in [-0.2, 0) is 6.18 Å². The molecule has 0 aliphatic carbocycles. The quantitative estimate of drug-likeness (QED) is 0.843. The average molecular weight is 297 g/mol. The number of rotatable bonds is 5. The van der Waals surface area contributed by atoms with E-state index in [0.29, 0.717) is 12.3 Å². The molecule has 4 nitrogen and oxygen atoms in total. The second-order valence-corrected chi connectivity index (χ2v) is 3.86. The molecule has 1 heterocycles. The topological polar surface area (TPSA) is 59.2 Å². The molecule has 0 aliphatic rings. The van der Waals surface area contributed by atoms with Gasteiger partial charge in [0.1, 0.15) is 5.69 Å². The first kappa shape index (κ1) is 16.3. The summed E-state index contributed by atoms with van der Waals surface area (Å²) < 4.78 is 61.6. The Morgan fingerprint density at radius 2 is 2.00 bits per heavy atom. The molecule has 2 N–H and O–H groups in total. The number of amides is 1. The van der Waals surface area contributed by atoms with Gasteiger partial charge in [-0.3, -0.25) is 9.78 Å². The van der Waals surface area contributed by atoms with Crippen LogP contribution in [0, 0.1) is 0 Å². The predicted molar refractivity (Wildman–Crippen MR) is 60.2 cm³/mol. The van der Waals surface area contributed by atoms with Crippen molar-refractivity contribution < 1.29 is 26.7 Å². The van der Waals surface area contributed by atoms with Crippen LogP contribution in [0.25, 0.3) is 0 Å². The van der Waals surface area contributed by atoms with Crippen LogP contribution in [0.2, 0.25) is 0 Å². The molecule has 0 saturated carbocycles. The Hall–Kier alpha value is -1.77.